The van der Waals surface area contributed by atoms with Gasteiger partial charge in [0, 0.05) is 6.54 Å². The summed E-state index contributed by atoms with van der Waals surface area (Å²) in [6, 6.07) is -1.54. The largest absolute Gasteiger partial charge is 0.524 e. The molecule has 0 radical (unpaired) electrons. The minimum Gasteiger partial charge on any atom is -0.480 e. The van der Waals surface area contributed by atoms with Crippen molar-refractivity contribution in [2.75, 3.05) is 6.54 Å². The highest BCUT2D eigenvalue weighted by Gasteiger charge is 2.50. The maximum atomic E-state index is 11.9. The van der Waals surface area contributed by atoms with Gasteiger partial charge >= 0.3 is 21.6 Å². The van der Waals surface area contributed by atoms with Gasteiger partial charge in [-0.15, -0.1) is 5.06 Å². The fourth-order valence-electron chi connectivity index (χ4n) is 0.954. The van der Waals surface area contributed by atoms with Crippen molar-refractivity contribution in [1.82, 2.24) is 5.06 Å². The van der Waals surface area contributed by atoms with Crippen molar-refractivity contribution >= 4 is 16.1 Å². The van der Waals surface area contributed by atoms with E-state index < -0.39 is 27.6 Å². The molecule has 0 aliphatic carbocycles. The molecule has 1 atom stereocenters. The molecular weight excluding hydrogens is 255 g/mol. The summed E-state index contributed by atoms with van der Waals surface area (Å²) in [6.07, 6.45) is 2.21. The number of hydroxylamine groups is 2. The SMILES string of the molecule is O=C(O)C1C=CCN1OS(=O)(=O)C(F)(F)F. The average molecular weight is 261 g/mol. The summed E-state index contributed by atoms with van der Waals surface area (Å²) in [5.41, 5.74) is -5.58. The number of carbonyl (C=O) groups is 1. The van der Waals surface area contributed by atoms with Crippen molar-refractivity contribution < 1.29 is 35.8 Å². The second kappa shape index (κ2) is 4.03. The lowest BCUT2D eigenvalue weighted by atomic mass is 10.3. The topological polar surface area (TPSA) is 83.9 Å². The number of halogens is 3. The summed E-state index contributed by atoms with van der Waals surface area (Å²) >= 11 is 0. The molecule has 0 amide bonds. The molecule has 0 aromatic rings. The van der Waals surface area contributed by atoms with Crippen LogP contribution in [-0.2, 0) is 19.2 Å². The third kappa shape index (κ3) is 2.51. The van der Waals surface area contributed by atoms with Crippen molar-refractivity contribution in [2.45, 2.75) is 11.6 Å². The molecule has 0 saturated carbocycles. The molecule has 0 aromatic carbocycles. The second-order valence-electron chi connectivity index (χ2n) is 2.79. The lowest BCUT2D eigenvalue weighted by Gasteiger charge is -2.20. The van der Waals surface area contributed by atoms with Gasteiger partial charge in [0.05, 0.1) is 0 Å². The normalized spacial score (nSPS) is 22.6. The number of nitrogens with zero attached hydrogens (tertiary/aromatic N) is 1. The van der Waals surface area contributed by atoms with Crippen molar-refractivity contribution in [2.24, 2.45) is 0 Å². The molecule has 0 spiro atoms. The standard InChI is InChI=1S/C6H6F3NO5S/c7-6(8,9)16(13,14)15-10-3-1-2-4(10)5(11)12/h1-2,4H,3H2,(H,11,12). The fraction of sp³-hybridized carbons (Fsp3) is 0.500. The summed E-state index contributed by atoms with van der Waals surface area (Å²) in [5.74, 6) is -1.51. The van der Waals surface area contributed by atoms with Gasteiger partial charge in [-0.25, -0.2) is 0 Å². The van der Waals surface area contributed by atoms with Crippen LogP contribution < -0.4 is 0 Å². The van der Waals surface area contributed by atoms with Crippen molar-refractivity contribution in [3.05, 3.63) is 12.2 Å². The lowest BCUT2D eigenvalue weighted by molar-refractivity contribution is -0.155. The van der Waals surface area contributed by atoms with Crippen LogP contribution in [0, 0.1) is 0 Å². The van der Waals surface area contributed by atoms with E-state index in [9.17, 15) is 26.4 Å². The Morgan fingerprint density at radius 1 is 1.50 bits per heavy atom. The summed E-state index contributed by atoms with van der Waals surface area (Å²) < 4.78 is 60.5. The summed E-state index contributed by atoms with van der Waals surface area (Å²) in [6.45, 7) is -0.355. The lowest BCUT2D eigenvalue weighted by Crippen LogP contribution is -2.41. The Morgan fingerprint density at radius 2 is 2.06 bits per heavy atom. The van der Waals surface area contributed by atoms with Crippen molar-refractivity contribution in [3.8, 4) is 0 Å². The van der Waals surface area contributed by atoms with Crippen molar-refractivity contribution in [1.29, 1.82) is 0 Å². The minimum absolute atomic E-state index is 0.213. The summed E-state index contributed by atoms with van der Waals surface area (Å²) in [5, 5.41) is 8.75. The van der Waals surface area contributed by atoms with Crippen LogP contribution in [0.2, 0.25) is 0 Å². The summed E-state index contributed by atoms with van der Waals surface area (Å²) in [7, 11) is -5.82. The van der Waals surface area contributed by atoms with E-state index >= 15 is 0 Å². The van der Waals surface area contributed by atoms with Crippen molar-refractivity contribution in [3.63, 3.8) is 0 Å². The highest BCUT2D eigenvalue weighted by molar-refractivity contribution is 7.87. The van der Waals surface area contributed by atoms with Gasteiger partial charge in [-0.2, -0.15) is 25.9 Å². The zero-order valence-corrected chi connectivity index (χ0v) is 8.33. The third-order valence-electron chi connectivity index (χ3n) is 1.64. The molecule has 1 aliphatic heterocycles. The van der Waals surface area contributed by atoms with Crippen LogP contribution in [0.3, 0.4) is 0 Å². The fourth-order valence-corrected chi connectivity index (χ4v) is 1.44. The van der Waals surface area contributed by atoms with E-state index in [1.54, 1.807) is 0 Å². The van der Waals surface area contributed by atoms with E-state index in [1.807, 2.05) is 0 Å². The van der Waals surface area contributed by atoms with Gasteiger partial charge in [0.1, 0.15) is 0 Å². The van der Waals surface area contributed by atoms with Gasteiger partial charge in [0.2, 0.25) is 0 Å². The van der Waals surface area contributed by atoms with Gasteiger partial charge in [-0.1, -0.05) is 12.2 Å². The van der Waals surface area contributed by atoms with Gasteiger partial charge < -0.3 is 5.11 Å². The van der Waals surface area contributed by atoms with E-state index in [4.69, 9.17) is 5.11 Å². The molecule has 1 rings (SSSR count). The number of carboxylic acids is 1. The van der Waals surface area contributed by atoms with Crippen LogP contribution in [0.1, 0.15) is 0 Å². The molecule has 0 aromatic heterocycles. The molecule has 6 nitrogen and oxygen atoms in total. The minimum atomic E-state index is -5.82. The number of alkyl halides is 3. The smallest absolute Gasteiger partial charge is 0.480 e. The van der Waals surface area contributed by atoms with Gasteiger partial charge in [-0.05, 0) is 0 Å². The quantitative estimate of drug-likeness (QED) is 0.572. The average Bonchev–Trinajstić information content (AvgIpc) is 2.49. The number of hydrogen-bond donors (Lipinski definition) is 1. The first-order valence-electron chi connectivity index (χ1n) is 3.82. The molecule has 1 unspecified atom stereocenters. The van der Waals surface area contributed by atoms with E-state index in [2.05, 4.69) is 4.28 Å². The Labute approximate surface area is 88.0 Å². The maximum absolute atomic E-state index is 11.9. The first-order chi connectivity index (χ1) is 7.15. The van der Waals surface area contributed by atoms with Gasteiger partial charge in [0.15, 0.2) is 6.04 Å². The number of carboxylic acid groups (broad SMARTS) is 1. The zero-order chi connectivity index (χ0) is 12.6. The molecule has 10 heteroatoms. The molecule has 1 N–H and O–H groups in total. The molecule has 0 fully saturated rings. The first kappa shape index (κ1) is 12.9. The molecule has 92 valence electrons. The van der Waals surface area contributed by atoms with Gasteiger partial charge in [-0.3, -0.25) is 4.79 Å². The molecule has 0 bridgehead atoms. The monoisotopic (exact) mass is 261 g/mol. The number of rotatable bonds is 3. The van der Waals surface area contributed by atoms with Crippen LogP contribution >= 0.6 is 0 Å². The van der Waals surface area contributed by atoms with E-state index in [-0.39, 0.29) is 11.6 Å². The third-order valence-corrected chi connectivity index (χ3v) is 2.60. The van der Waals surface area contributed by atoms with Crippen LogP contribution in [0.15, 0.2) is 12.2 Å². The zero-order valence-electron chi connectivity index (χ0n) is 7.51. The predicted molar refractivity (Wildman–Crippen MR) is 43.3 cm³/mol. The number of hydrogen-bond acceptors (Lipinski definition) is 5. The molecular formula is C6H6F3NO5S. The summed E-state index contributed by atoms with van der Waals surface area (Å²) in [4.78, 5) is 10.5. The molecule has 1 heterocycles. The highest BCUT2D eigenvalue weighted by Crippen LogP contribution is 2.27. The van der Waals surface area contributed by atoms with Crippen LogP contribution in [0.25, 0.3) is 0 Å². The first-order valence-corrected chi connectivity index (χ1v) is 5.23. The number of aliphatic carboxylic acids is 1. The Bertz CT molecular complexity index is 414. The Morgan fingerprint density at radius 3 is 2.50 bits per heavy atom. The van der Waals surface area contributed by atoms with Crippen LogP contribution in [0.5, 0.6) is 0 Å². The molecule has 1 aliphatic rings. The van der Waals surface area contributed by atoms with Gasteiger partial charge in [0.25, 0.3) is 0 Å². The van der Waals surface area contributed by atoms with Crippen LogP contribution in [0.4, 0.5) is 13.2 Å². The Kier molecular flexibility index (Phi) is 3.26. The van der Waals surface area contributed by atoms with E-state index in [0.29, 0.717) is 0 Å². The maximum Gasteiger partial charge on any atom is 0.524 e. The van der Waals surface area contributed by atoms with Crippen LogP contribution in [-0.4, -0.2) is 42.7 Å². The predicted octanol–water partition coefficient (Wildman–Crippen LogP) is 0.0926. The Hall–Kier alpha value is -1.13. The second-order valence-corrected chi connectivity index (χ2v) is 4.31. The molecule has 16 heavy (non-hydrogen) atoms. The molecule has 0 saturated heterocycles. The van der Waals surface area contributed by atoms with E-state index in [0.717, 1.165) is 6.08 Å². The van der Waals surface area contributed by atoms with E-state index in [1.165, 1.54) is 6.08 Å². The Balaban J connectivity index is 2.80. The highest BCUT2D eigenvalue weighted by atomic mass is 32.2.